The van der Waals surface area contributed by atoms with Gasteiger partial charge in [-0.25, -0.2) is 9.97 Å². The number of aryl methyl sites for hydroxylation is 2. The number of nitrogens with two attached hydrogens (primary N) is 1. The van der Waals surface area contributed by atoms with Crippen molar-refractivity contribution in [1.82, 2.24) is 24.6 Å². The van der Waals surface area contributed by atoms with Gasteiger partial charge in [0.25, 0.3) is 0 Å². The van der Waals surface area contributed by atoms with Gasteiger partial charge >= 0.3 is 6.18 Å². The lowest BCUT2D eigenvalue weighted by Crippen LogP contribution is -2.36. The molecule has 2 aromatic heterocycles. The van der Waals surface area contributed by atoms with Gasteiger partial charge in [0, 0.05) is 56.4 Å². The first-order chi connectivity index (χ1) is 23.4. The lowest BCUT2D eigenvalue weighted by atomic mass is 9.97. The third kappa shape index (κ3) is 9.48. The molecule has 1 saturated heterocycles. The van der Waals surface area contributed by atoms with Crippen LogP contribution in [0.2, 0.25) is 0 Å². The Bertz CT molecular complexity index is 1730. The van der Waals surface area contributed by atoms with Crippen molar-refractivity contribution in [1.29, 1.82) is 0 Å². The third-order valence-corrected chi connectivity index (χ3v) is 9.13. The van der Waals surface area contributed by atoms with Crippen molar-refractivity contribution in [3.05, 3.63) is 59.3 Å². The number of hydrogen-bond donors (Lipinski definition) is 3. The molecular formula is C36H47F3N8O2. The van der Waals surface area contributed by atoms with E-state index in [2.05, 4.69) is 30.6 Å². The molecule has 2 aliphatic rings. The van der Waals surface area contributed by atoms with Gasteiger partial charge in [-0.1, -0.05) is 32.3 Å². The summed E-state index contributed by atoms with van der Waals surface area (Å²) in [5.74, 6) is 0.162. The van der Waals surface area contributed by atoms with Crippen molar-refractivity contribution in [2.75, 3.05) is 37.8 Å². The number of alkyl halides is 3. The van der Waals surface area contributed by atoms with Gasteiger partial charge in [0.05, 0.1) is 23.2 Å². The number of hydrogen-bond acceptors (Lipinski definition) is 8. The zero-order valence-corrected chi connectivity index (χ0v) is 28.7. The summed E-state index contributed by atoms with van der Waals surface area (Å²) in [6, 6.07) is 10.1. The van der Waals surface area contributed by atoms with E-state index >= 15 is 0 Å². The lowest BCUT2D eigenvalue weighted by molar-refractivity contribution is -0.139. The predicted molar refractivity (Wildman–Crippen MR) is 187 cm³/mol. The molecule has 6 rings (SSSR count). The highest BCUT2D eigenvalue weighted by Gasteiger charge is 2.36. The van der Waals surface area contributed by atoms with Crippen LogP contribution in [-0.4, -0.2) is 69.9 Å². The van der Waals surface area contributed by atoms with Crippen LogP contribution in [0.4, 0.5) is 24.9 Å². The molecule has 0 unspecified atom stereocenters. The highest BCUT2D eigenvalue weighted by molar-refractivity contribution is 5.92. The fraction of sp³-hybridized carbons (Fsp3) is 0.500. The van der Waals surface area contributed by atoms with Crippen molar-refractivity contribution in [2.45, 2.75) is 83.0 Å². The molecule has 0 spiro atoms. The number of rotatable bonds is 8. The Hall–Kier alpha value is -4.23. The smallest absolute Gasteiger partial charge is 0.419 e. The molecular weight excluding hydrogens is 633 g/mol. The Balaban J connectivity index is 0.000000595. The first kappa shape index (κ1) is 36.1. The molecule has 13 heteroatoms. The minimum atomic E-state index is -4.61. The topological polar surface area (TPSA) is 123 Å². The van der Waals surface area contributed by atoms with E-state index in [0.29, 0.717) is 30.6 Å². The molecule has 1 aliphatic heterocycles. The van der Waals surface area contributed by atoms with E-state index in [1.54, 1.807) is 31.0 Å². The SMILES string of the molecule is CCc1cc(-c2cc(NC(=O)Cc3ccc(OC4CCN(C)CC4)c(C(F)(F)F)c3)nn2C)cc2cnc(NC)nc12.NC1CCCCC1. The summed E-state index contributed by atoms with van der Waals surface area (Å²) in [5, 5.41) is 11.0. The monoisotopic (exact) mass is 680 g/mol. The van der Waals surface area contributed by atoms with Gasteiger partial charge in [-0.3, -0.25) is 9.48 Å². The molecule has 0 atom stereocenters. The molecule has 3 heterocycles. The zero-order valence-electron chi connectivity index (χ0n) is 28.7. The van der Waals surface area contributed by atoms with Gasteiger partial charge < -0.3 is 26.0 Å². The van der Waals surface area contributed by atoms with Gasteiger partial charge in [0.2, 0.25) is 11.9 Å². The number of ether oxygens (including phenoxy) is 1. The van der Waals surface area contributed by atoms with E-state index in [9.17, 15) is 18.0 Å². The quantitative estimate of drug-likeness (QED) is 0.191. The van der Waals surface area contributed by atoms with Crippen LogP contribution in [-0.2, 0) is 30.9 Å². The summed E-state index contributed by atoms with van der Waals surface area (Å²) in [4.78, 5) is 23.9. The van der Waals surface area contributed by atoms with E-state index in [1.807, 2.05) is 26.1 Å². The third-order valence-electron chi connectivity index (χ3n) is 9.13. The second kappa shape index (κ2) is 16.0. The van der Waals surface area contributed by atoms with Crippen LogP contribution in [0.15, 0.2) is 42.6 Å². The molecule has 2 aromatic carbocycles. The average Bonchev–Trinajstić information content (AvgIpc) is 3.45. The Kier molecular flexibility index (Phi) is 11.8. The second-order valence-corrected chi connectivity index (χ2v) is 13.0. The minimum Gasteiger partial charge on any atom is -0.490 e. The fourth-order valence-electron chi connectivity index (χ4n) is 6.36. The van der Waals surface area contributed by atoms with Crippen molar-refractivity contribution >= 4 is 28.6 Å². The maximum absolute atomic E-state index is 13.9. The summed E-state index contributed by atoms with van der Waals surface area (Å²) in [5.41, 5.74) is 8.53. The van der Waals surface area contributed by atoms with Crippen LogP contribution in [0.1, 0.15) is 68.6 Å². The number of anilines is 2. The number of carbonyl (C=O) groups is 1. The number of nitrogens with zero attached hydrogens (tertiary/aromatic N) is 5. The Morgan fingerprint density at radius 3 is 2.41 bits per heavy atom. The molecule has 1 amide bonds. The zero-order chi connectivity index (χ0) is 35.1. The second-order valence-electron chi connectivity index (χ2n) is 13.0. The number of fused-ring (bicyclic) bond motifs is 1. The van der Waals surface area contributed by atoms with Crippen molar-refractivity contribution in [3.63, 3.8) is 0 Å². The van der Waals surface area contributed by atoms with Gasteiger partial charge in [-0.05, 0) is 74.5 Å². The summed E-state index contributed by atoms with van der Waals surface area (Å²) in [6.07, 6.45) is 5.37. The van der Waals surface area contributed by atoms with Gasteiger partial charge in [0.1, 0.15) is 11.9 Å². The summed E-state index contributed by atoms with van der Waals surface area (Å²) in [7, 11) is 5.51. The van der Waals surface area contributed by atoms with Crippen molar-refractivity contribution in [3.8, 4) is 17.0 Å². The molecule has 0 bridgehead atoms. The summed E-state index contributed by atoms with van der Waals surface area (Å²) >= 11 is 0. The number of halogens is 3. The van der Waals surface area contributed by atoms with Crippen LogP contribution in [0.3, 0.4) is 0 Å². The van der Waals surface area contributed by atoms with E-state index in [0.717, 1.165) is 53.3 Å². The maximum atomic E-state index is 13.9. The molecule has 4 aromatic rings. The van der Waals surface area contributed by atoms with Gasteiger partial charge in [-0.2, -0.15) is 18.3 Å². The molecule has 10 nitrogen and oxygen atoms in total. The highest BCUT2D eigenvalue weighted by atomic mass is 19.4. The fourth-order valence-corrected chi connectivity index (χ4v) is 6.36. The summed E-state index contributed by atoms with van der Waals surface area (Å²) in [6.45, 7) is 3.59. The highest BCUT2D eigenvalue weighted by Crippen LogP contribution is 2.38. The van der Waals surface area contributed by atoms with Crippen LogP contribution < -0.4 is 21.1 Å². The summed E-state index contributed by atoms with van der Waals surface area (Å²) < 4.78 is 49.2. The van der Waals surface area contributed by atoms with Gasteiger partial charge in [-0.15, -0.1) is 0 Å². The molecule has 1 aliphatic carbocycles. The maximum Gasteiger partial charge on any atom is 0.419 e. The largest absolute Gasteiger partial charge is 0.490 e. The van der Waals surface area contributed by atoms with Crippen LogP contribution >= 0.6 is 0 Å². The van der Waals surface area contributed by atoms with E-state index in [1.165, 1.54) is 44.2 Å². The van der Waals surface area contributed by atoms with Crippen molar-refractivity contribution < 1.29 is 22.7 Å². The molecule has 2 fully saturated rings. The number of aromatic nitrogens is 4. The Labute approximate surface area is 285 Å². The number of nitrogens with one attached hydrogen (secondary N) is 2. The average molecular weight is 681 g/mol. The first-order valence-electron chi connectivity index (χ1n) is 17.1. The number of carbonyl (C=O) groups excluding carboxylic acids is 1. The van der Waals surface area contributed by atoms with Crippen LogP contribution in [0, 0.1) is 0 Å². The van der Waals surface area contributed by atoms with Gasteiger partial charge in [0.15, 0.2) is 5.82 Å². The standard InChI is InChI=1S/C30H34F3N7O2.C6H13N/c1-5-19-14-20(15-21-17-35-29(34-2)37-28(19)21)24-16-26(38-40(24)4)36-27(41)13-18-6-7-25(23(12-18)30(31,32)33)42-22-8-10-39(3)11-9-22;7-6-4-2-1-3-5-6/h6-7,12,14-17,22H,5,8-11,13H2,1-4H3,(H,34,35,37)(H,36,38,41);6H,1-5,7H2. The van der Waals surface area contributed by atoms with E-state index < -0.39 is 17.6 Å². The molecule has 1 saturated carbocycles. The number of likely N-dealkylation sites (tertiary alicyclic amines) is 1. The number of amides is 1. The molecule has 49 heavy (non-hydrogen) atoms. The van der Waals surface area contributed by atoms with E-state index in [-0.39, 0.29) is 23.8 Å². The predicted octanol–water partition coefficient (Wildman–Crippen LogP) is 6.59. The number of piperidine rings is 1. The Morgan fingerprint density at radius 1 is 1.04 bits per heavy atom. The normalized spacial score (nSPS) is 16.2. The first-order valence-corrected chi connectivity index (χ1v) is 17.1. The van der Waals surface area contributed by atoms with Crippen LogP contribution in [0.25, 0.3) is 22.2 Å². The molecule has 4 N–H and O–H groups in total. The van der Waals surface area contributed by atoms with Crippen molar-refractivity contribution in [2.24, 2.45) is 12.8 Å². The van der Waals surface area contributed by atoms with Crippen LogP contribution in [0.5, 0.6) is 5.75 Å². The lowest BCUT2D eigenvalue weighted by Gasteiger charge is -2.30. The number of benzene rings is 2. The van der Waals surface area contributed by atoms with E-state index in [4.69, 9.17) is 10.5 Å². The Morgan fingerprint density at radius 2 is 1.78 bits per heavy atom. The minimum absolute atomic E-state index is 0.204. The molecule has 264 valence electrons. The molecule has 0 radical (unpaired) electrons.